The van der Waals surface area contributed by atoms with E-state index in [0.29, 0.717) is 31.2 Å². The number of ether oxygens (including phenoxy) is 1. The molecule has 5 heteroatoms. The Morgan fingerprint density at radius 3 is 2.54 bits per heavy atom. The fourth-order valence-electron chi connectivity index (χ4n) is 2.52. The third-order valence-electron chi connectivity index (χ3n) is 3.83. The van der Waals surface area contributed by atoms with E-state index in [0.717, 1.165) is 16.4 Å². The number of furan rings is 1. The van der Waals surface area contributed by atoms with Gasteiger partial charge in [0.2, 0.25) is 0 Å². The van der Waals surface area contributed by atoms with Crippen molar-refractivity contribution >= 4 is 17.2 Å². The Hall–Kier alpha value is -2.53. The Kier molecular flexibility index (Phi) is 6.12. The van der Waals surface area contributed by atoms with Crippen molar-refractivity contribution in [1.29, 1.82) is 0 Å². The molecule has 0 saturated heterocycles. The standard InChI is InChI=1S/C21H23NO3S/c1-16(2)15-25-18-9-7-17(8-10-18)21(23)22(13-19-5-3-11-24-19)14-20-6-4-12-26-20/h3-12,16H,13-15H2,1-2H3. The summed E-state index contributed by atoms with van der Waals surface area (Å²) in [5.41, 5.74) is 0.644. The lowest BCUT2D eigenvalue weighted by atomic mass is 10.1. The van der Waals surface area contributed by atoms with Crippen LogP contribution in [0.15, 0.2) is 64.6 Å². The summed E-state index contributed by atoms with van der Waals surface area (Å²) < 4.78 is 11.1. The Bertz CT molecular complexity index is 756. The van der Waals surface area contributed by atoms with Crippen LogP contribution >= 0.6 is 11.3 Å². The van der Waals surface area contributed by atoms with Gasteiger partial charge in [0.05, 0.1) is 26.0 Å². The lowest BCUT2D eigenvalue weighted by molar-refractivity contribution is 0.0719. The summed E-state index contributed by atoms with van der Waals surface area (Å²) in [7, 11) is 0. The zero-order valence-corrected chi connectivity index (χ0v) is 15.9. The lowest BCUT2D eigenvalue weighted by Gasteiger charge is -2.21. The van der Waals surface area contributed by atoms with Gasteiger partial charge < -0.3 is 14.1 Å². The van der Waals surface area contributed by atoms with Gasteiger partial charge in [-0.3, -0.25) is 4.79 Å². The molecule has 0 fully saturated rings. The molecule has 0 unspecified atom stereocenters. The van der Waals surface area contributed by atoms with Crippen molar-refractivity contribution in [3.05, 3.63) is 76.4 Å². The van der Waals surface area contributed by atoms with Gasteiger partial charge in [-0.1, -0.05) is 19.9 Å². The summed E-state index contributed by atoms with van der Waals surface area (Å²) in [6, 6.07) is 15.1. The molecule has 3 rings (SSSR count). The van der Waals surface area contributed by atoms with Crippen LogP contribution in [0.2, 0.25) is 0 Å². The summed E-state index contributed by atoms with van der Waals surface area (Å²) in [6.45, 7) is 5.87. The van der Waals surface area contributed by atoms with E-state index in [1.807, 2.05) is 53.9 Å². The molecule has 4 nitrogen and oxygen atoms in total. The molecule has 3 aromatic rings. The minimum absolute atomic E-state index is 0.0230. The predicted octanol–water partition coefficient (Wildman–Crippen LogP) is 5.22. The maximum absolute atomic E-state index is 13.0. The zero-order valence-electron chi connectivity index (χ0n) is 15.1. The topological polar surface area (TPSA) is 42.7 Å². The van der Waals surface area contributed by atoms with Gasteiger partial charge in [-0.05, 0) is 53.8 Å². The number of amides is 1. The molecule has 1 aromatic carbocycles. The molecule has 0 saturated carbocycles. The molecule has 0 aliphatic carbocycles. The number of carbonyl (C=O) groups is 1. The van der Waals surface area contributed by atoms with Crippen LogP contribution in [0.4, 0.5) is 0 Å². The number of thiophene rings is 1. The number of rotatable bonds is 8. The molecule has 0 N–H and O–H groups in total. The maximum Gasteiger partial charge on any atom is 0.254 e. The molecule has 0 bridgehead atoms. The molecule has 136 valence electrons. The van der Waals surface area contributed by atoms with E-state index >= 15 is 0 Å². The zero-order chi connectivity index (χ0) is 18.4. The predicted molar refractivity (Wildman–Crippen MR) is 103 cm³/mol. The fraction of sp³-hybridized carbons (Fsp3) is 0.286. The minimum atomic E-state index is -0.0230. The molecular weight excluding hydrogens is 346 g/mol. The summed E-state index contributed by atoms with van der Waals surface area (Å²) >= 11 is 1.64. The summed E-state index contributed by atoms with van der Waals surface area (Å²) in [4.78, 5) is 16.0. The highest BCUT2D eigenvalue weighted by atomic mass is 32.1. The van der Waals surface area contributed by atoms with Crippen LogP contribution < -0.4 is 4.74 Å². The normalized spacial score (nSPS) is 10.9. The first-order valence-electron chi connectivity index (χ1n) is 8.68. The largest absolute Gasteiger partial charge is 0.493 e. The Morgan fingerprint density at radius 2 is 1.92 bits per heavy atom. The van der Waals surface area contributed by atoms with Gasteiger partial charge >= 0.3 is 0 Å². The molecule has 2 aromatic heterocycles. The van der Waals surface area contributed by atoms with Gasteiger partial charge in [-0.15, -0.1) is 11.3 Å². The second-order valence-electron chi connectivity index (χ2n) is 6.55. The average Bonchev–Trinajstić information content (AvgIpc) is 3.33. The molecule has 0 radical (unpaired) electrons. The van der Waals surface area contributed by atoms with Crippen molar-refractivity contribution in [3.8, 4) is 5.75 Å². The molecule has 0 atom stereocenters. The quantitative estimate of drug-likeness (QED) is 0.547. The highest BCUT2D eigenvalue weighted by Crippen LogP contribution is 2.19. The van der Waals surface area contributed by atoms with Crippen molar-refractivity contribution in [1.82, 2.24) is 4.90 Å². The van der Waals surface area contributed by atoms with E-state index in [1.54, 1.807) is 22.5 Å². The van der Waals surface area contributed by atoms with Crippen LogP contribution in [-0.2, 0) is 13.1 Å². The molecule has 0 spiro atoms. The molecule has 0 aliphatic rings. The number of hydrogen-bond donors (Lipinski definition) is 0. The summed E-state index contributed by atoms with van der Waals surface area (Å²) in [5.74, 6) is 1.99. The van der Waals surface area contributed by atoms with Gasteiger partial charge in [0, 0.05) is 10.4 Å². The van der Waals surface area contributed by atoms with Crippen LogP contribution in [0.25, 0.3) is 0 Å². The van der Waals surface area contributed by atoms with E-state index in [9.17, 15) is 4.79 Å². The average molecular weight is 369 g/mol. The highest BCUT2D eigenvalue weighted by Gasteiger charge is 2.18. The first-order chi connectivity index (χ1) is 12.6. The van der Waals surface area contributed by atoms with Crippen molar-refractivity contribution in [3.63, 3.8) is 0 Å². The van der Waals surface area contributed by atoms with E-state index in [4.69, 9.17) is 9.15 Å². The molecule has 1 amide bonds. The summed E-state index contributed by atoms with van der Waals surface area (Å²) in [6.07, 6.45) is 1.63. The second kappa shape index (κ2) is 8.72. The second-order valence-corrected chi connectivity index (χ2v) is 7.58. The van der Waals surface area contributed by atoms with Crippen LogP contribution in [0.3, 0.4) is 0 Å². The van der Waals surface area contributed by atoms with Crippen LogP contribution in [-0.4, -0.2) is 17.4 Å². The van der Waals surface area contributed by atoms with Gasteiger partial charge in [-0.2, -0.15) is 0 Å². The maximum atomic E-state index is 13.0. The first-order valence-corrected chi connectivity index (χ1v) is 9.56. The fourth-order valence-corrected chi connectivity index (χ4v) is 3.24. The van der Waals surface area contributed by atoms with Crippen LogP contribution in [0, 0.1) is 5.92 Å². The number of carbonyl (C=O) groups excluding carboxylic acids is 1. The Morgan fingerprint density at radius 1 is 1.12 bits per heavy atom. The third-order valence-corrected chi connectivity index (χ3v) is 4.69. The van der Waals surface area contributed by atoms with E-state index in [2.05, 4.69) is 13.8 Å². The molecule has 26 heavy (non-hydrogen) atoms. The SMILES string of the molecule is CC(C)COc1ccc(C(=O)N(Cc2ccco2)Cc2cccs2)cc1. The van der Waals surface area contributed by atoms with Crippen molar-refractivity contribution in [2.75, 3.05) is 6.61 Å². The minimum Gasteiger partial charge on any atom is -0.493 e. The molecule has 0 aliphatic heterocycles. The van der Waals surface area contributed by atoms with E-state index in [-0.39, 0.29) is 5.91 Å². The highest BCUT2D eigenvalue weighted by molar-refractivity contribution is 7.09. The third kappa shape index (κ3) is 4.99. The van der Waals surface area contributed by atoms with Crippen molar-refractivity contribution in [2.45, 2.75) is 26.9 Å². The number of nitrogens with zero attached hydrogens (tertiary/aromatic N) is 1. The van der Waals surface area contributed by atoms with E-state index < -0.39 is 0 Å². The van der Waals surface area contributed by atoms with Crippen molar-refractivity contribution in [2.24, 2.45) is 5.92 Å². The molecule has 2 heterocycles. The van der Waals surface area contributed by atoms with Gasteiger partial charge in [-0.25, -0.2) is 0 Å². The smallest absolute Gasteiger partial charge is 0.254 e. The van der Waals surface area contributed by atoms with Crippen LogP contribution in [0.5, 0.6) is 5.75 Å². The van der Waals surface area contributed by atoms with Gasteiger partial charge in [0.25, 0.3) is 5.91 Å². The Labute approximate surface area is 158 Å². The number of benzene rings is 1. The van der Waals surface area contributed by atoms with Gasteiger partial charge in [0.15, 0.2) is 0 Å². The lowest BCUT2D eigenvalue weighted by Crippen LogP contribution is -2.29. The number of hydrogen-bond acceptors (Lipinski definition) is 4. The van der Waals surface area contributed by atoms with Crippen LogP contribution in [0.1, 0.15) is 34.8 Å². The molecular formula is C21H23NO3S. The first kappa shape index (κ1) is 18.3. The van der Waals surface area contributed by atoms with E-state index in [1.165, 1.54) is 0 Å². The van der Waals surface area contributed by atoms with Gasteiger partial charge in [0.1, 0.15) is 11.5 Å². The summed E-state index contributed by atoms with van der Waals surface area (Å²) in [5, 5.41) is 2.02. The monoisotopic (exact) mass is 369 g/mol. The van der Waals surface area contributed by atoms with Crippen molar-refractivity contribution < 1.29 is 13.9 Å². The Balaban J connectivity index is 1.73.